The second-order valence-corrected chi connectivity index (χ2v) is 10.8. The lowest BCUT2D eigenvalue weighted by molar-refractivity contribution is -0.117. The number of ether oxygens (including phenoxy) is 1. The molecular weight excluding hydrogens is 514 g/mol. The number of anilines is 1. The van der Waals surface area contributed by atoms with Crippen molar-refractivity contribution in [3.05, 3.63) is 95.2 Å². The van der Waals surface area contributed by atoms with E-state index in [1.807, 2.05) is 31.2 Å². The summed E-state index contributed by atoms with van der Waals surface area (Å²) in [7, 11) is 2.28. The summed E-state index contributed by atoms with van der Waals surface area (Å²) in [5.41, 5.74) is 3.19. The Balaban J connectivity index is 1.38. The van der Waals surface area contributed by atoms with Crippen molar-refractivity contribution in [1.29, 1.82) is 4.78 Å². The number of benzene rings is 3. The topological polar surface area (TPSA) is 78.3 Å². The number of likely N-dealkylation sites (N-methyl/N-ethyl adjacent to an activating group) is 1. The van der Waals surface area contributed by atoms with E-state index in [1.165, 1.54) is 16.2 Å². The van der Waals surface area contributed by atoms with Gasteiger partial charge in [0.05, 0.1) is 19.2 Å². The van der Waals surface area contributed by atoms with E-state index in [0.717, 1.165) is 39.3 Å². The van der Waals surface area contributed by atoms with Crippen molar-refractivity contribution in [1.82, 2.24) is 9.71 Å². The monoisotopic (exact) mass is 540 g/mol. The fourth-order valence-electron chi connectivity index (χ4n) is 3.59. The first-order valence-corrected chi connectivity index (χ1v) is 13.4. The van der Waals surface area contributed by atoms with E-state index in [4.69, 9.17) is 9.52 Å². The van der Waals surface area contributed by atoms with Gasteiger partial charge in [-0.05, 0) is 53.9 Å². The van der Waals surface area contributed by atoms with Crippen LogP contribution in [0.15, 0.2) is 70.9 Å². The number of hydrogen-bond acceptors (Lipinski definition) is 5. The van der Waals surface area contributed by atoms with Gasteiger partial charge in [0.1, 0.15) is 21.6 Å². The molecule has 0 aliphatic carbocycles. The average Bonchev–Trinajstić information content (AvgIpc) is 3.30. The Kier molecular flexibility index (Phi) is 8.42. The fraction of sp³-hybridized carbons (Fsp3) is 0.185. The molecule has 1 aromatic heterocycles. The van der Waals surface area contributed by atoms with Gasteiger partial charge in [0.15, 0.2) is 5.13 Å². The van der Waals surface area contributed by atoms with Crippen LogP contribution in [0, 0.1) is 23.3 Å². The van der Waals surface area contributed by atoms with Gasteiger partial charge in [-0.1, -0.05) is 47.7 Å². The third-order valence-electron chi connectivity index (χ3n) is 5.72. The molecule has 1 unspecified atom stereocenters. The lowest BCUT2D eigenvalue weighted by atomic mass is 10.0. The van der Waals surface area contributed by atoms with Crippen molar-refractivity contribution in [3.8, 4) is 16.9 Å². The molecule has 3 aromatic carbocycles. The van der Waals surface area contributed by atoms with E-state index in [9.17, 15) is 13.6 Å². The smallest absolute Gasteiger partial charge is 0.232 e. The molecule has 0 fully saturated rings. The number of thiazole rings is 1. The Labute approximate surface area is 221 Å². The van der Waals surface area contributed by atoms with Crippen molar-refractivity contribution >= 4 is 33.3 Å². The van der Waals surface area contributed by atoms with Gasteiger partial charge in [0.2, 0.25) is 5.91 Å². The summed E-state index contributed by atoms with van der Waals surface area (Å²) >= 11 is 1.32. The zero-order chi connectivity index (χ0) is 26.5. The molecule has 6 nitrogen and oxygen atoms in total. The van der Waals surface area contributed by atoms with E-state index in [1.54, 1.807) is 38.4 Å². The Morgan fingerprint density at radius 2 is 1.76 bits per heavy atom. The summed E-state index contributed by atoms with van der Waals surface area (Å²) in [5, 5.41) is 0.520. The van der Waals surface area contributed by atoms with E-state index in [2.05, 4.69) is 9.71 Å². The van der Waals surface area contributed by atoms with Crippen LogP contribution in [0.25, 0.3) is 11.1 Å². The number of aromatic nitrogens is 1. The summed E-state index contributed by atoms with van der Waals surface area (Å²) in [5.74, 6) is -0.407. The maximum atomic E-state index is 14.1. The van der Waals surface area contributed by atoms with Crippen LogP contribution in [-0.2, 0) is 28.6 Å². The van der Waals surface area contributed by atoms with Crippen LogP contribution < -0.4 is 14.4 Å². The molecule has 1 amide bonds. The van der Waals surface area contributed by atoms with E-state index in [-0.39, 0.29) is 17.9 Å². The van der Waals surface area contributed by atoms with Gasteiger partial charge in [-0.25, -0.2) is 18.5 Å². The molecular formula is C27H26F2N4O2S2. The van der Waals surface area contributed by atoms with Gasteiger partial charge in [-0.2, -0.15) is 0 Å². The first-order chi connectivity index (χ1) is 17.7. The van der Waals surface area contributed by atoms with Crippen LogP contribution >= 0.6 is 11.3 Å². The minimum Gasteiger partial charge on any atom is -0.497 e. The average molecular weight is 541 g/mol. The molecule has 1 atom stereocenters. The number of nitrogens with zero attached hydrogens (tertiary/aromatic N) is 2. The van der Waals surface area contributed by atoms with Gasteiger partial charge in [-0.3, -0.25) is 14.5 Å². The highest BCUT2D eigenvalue weighted by Gasteiger charge is 2.19. The van der Waals surface area contributed by atoms with Crippen LogP contribution in [0.5, 0.6) is 5.75 Å². The first kappa shape index (κ1) is 26.6. The molecule has 0 aliphatic rings. The van der Waals surface area contributed by atoms with Crippen LogP contribution in [0.2, 0.25) is 0 Å². The highest BCUT2D eigenvalue weighted by atomic mass is 32.2. The highest BCUT2D eigenvalue weighted by molar-refractivity contribution is 7.86. The minimum atomic E-state index is -0.995. The number of hydrogen-bond donors (Lipinski definition) is 2. The van der Waals surface area contributed by atoms with Gasteiger partial charge in [-0.15, -0.1) is 0 Å². The lowest BCUT2D eigenvalue weighted by Crippen LogP contribution is -2.27. The predicted molar refractivity (Wildman–Crippen MR) is 144 cm³/mol. The predicted octanol–water partition coefficient (Wildman–Crippen LogP) is 6.06. The largest absolute Gasteiger partial charge is 0.497 e. The first-order valence-electron chi connectivity index (χ1n) is 11.4. The van der Waals surface area contributed by atoms with Crippen molar-refractivity contribution in [2.24, 2.45) is 0 Å². The third-order valence-corrected chi connectivity index (χ3v) is 8.60. The molecule has 0 radical (unpaired) electrons. The molecule has 4 aromatic rings. The maximum Gasteiger partial charge on any atom is 0.232 e. The number of amides is 1. The van der Waals surface area contributed by atoms with Crippen molar-refractivity contribution in [3.63, 3.8) is 0 Å². The van der Waals surface area contributed by atoms with Crippen LogP contribution in [0.3, 0.4) is 0 Å². The molecule has 0 saturated heterocycles. The van der Waals surface area contributed by atoms with Gasteiger partial charge in [0, 0.05) is 30.0 Å². The zero-order valence-electron chi connectivity index (χ0n) is 20.5. The summed E-state index contributed by atoms with van der Waals surface area (Å²) in [6, 6.07) is 17.8. The van der Waals surface area contributed by atoms with E-state index < -0.39 is 22.5 Å². The molecule has 10 heteroatoms. The van der Waals surface area contributed by atoms with Crippen LogP contribution in [0.4, 0.5) is 13.9 Å². The summed E-state index contributed by atoms with van der Waals surface area (Å²) in [6.07, 6.45) is 0.124. The molecule has 0 spiro atoms. The van der Waals surface area contributed by atoms with Gasteiger partial charge in [0.25, 0.3) is 0 Å². The number of aryl methyl sites for hydroxylation is 1. The Bertz CT molecular complexity index is 1420. The molecule has 0 aliphatic heterocycles. The number of carbonyl (C=O) groups excluding carboxylic acids is 1. The second-order valence-electron chi connectivity index (χ2n) is 8.30. The molecule has 2 N–H and O–H groups in total. The normalized spacial score (nSPS) is 11.8. The van der Waals surface area contributed by atoms with E-state index >= 15 is 0 Å². The summed E-state index contributed by atoms with van der Waals surface area (Å²) in [4.78, 5) is 18.9. The molecule has 37 heavy (non-hydrogen) atoms. The number of rotatable bonds is 9. The minimum absolute atomic E-state index is 0.124. The highest BCUT2D eigenvalue weighted by Crippen LogP contribution is 2.29. The zero-order valence-corrected chi connectivity index (χ0v) is 22.2. The number of methoxy groups -OCH3 is 1. The molecule has 4 rings (SSSR count). The van der Waals surface area contributed by atoms with Crippen LogP contribution in [0.1, 0.15) is 16.8 Å². The van der Waals surface area contributed by atoms with E-state index in [0.29, 0.717) is 22.9 Å². The fourth-order valence-corrected chi connectivity index (χ4v) is 5.88. The Morgan fingerprint density at radius 1 is 1.08 bits per heavy atom. The summed E-state index contributed by atoms with van der Waals surface area (Å²) < 4.78 is 45.3. The number of halogens is 2. The van der Waals surface area contributed by atoms with Gasteiger partial charge < -0.3 is 4.74 Å². The third kappa shape index (κ3) is 6.46. The van der Waals surface area contributed by atoms with Crippen molar-refractivity contribution < 1.29 is 18.3 Å². The lowest BCUT2D eigenvalue weighted by Gasteiger charge is -2.14. The standard InChI is InChI=1S/C27H26F2N4O2S2/c1-17-26(37(30)31-16-19-6-11-22(35-3)12-7-19)36-27(32-17)33(2)25(34)14-18-4-8-20(9-5-18)23-15-21(28)10-13-24(23)29/h4-13,15H,14,16H2,1-3H3,(H2,30,31). The van der Waals surface area contributed by atoms with Crippen LogP contribution in [-0.4, -0.2) is 25.0 Å². The Hall–Kier alpha value is -3.47. The summed E-state index contributed by atoms with van der Waals surface area (Å²) in [6.45, 7) is 2.36. The van der Waals surface area contributed by atoms with Gasteiger partial charge >= 0.3 is 0 Å². The molecule has 0 bridgehead atoms. The second kappa shape index (κ2) is 11.7. The molecule has 1 heterocycles. The molecule has 0 saturated carbocycles. The van der Waals surface area contributed by atoms with Crippen molar-refractivity contribution in [2.45, 2.75) is 24.1 Å². The molecule has 192 valence electrons. The number of carbonyl (C=O) groups is 1. The van der Waals surface area contributed by atoms with Crippen molar-refractivity contribution in [2.75, 3.05) is 19.1 Å². The Morgan fingerprint density at radius 3 is 2.43 bits per heavy atom. The number of nitrogens with one attached hydrogen (secondary N) is 2. The maximum absolute atomic E-state index is 14.1. The quantitative estimate of drug-likeness (QED) is 0.271. The SMILES string of the molecule is COc1ccc(CNS(=N)c2sc(N(C)C(=O)Cc3ccc(-c4cc(F)ccc4F)cc3)nc2C)cc1.